The lowest BCUT2D eigenvalue weighted by molar-refractivity contribution is -0.870. The second-order valence-electron chi connectivity index (χ2n) is 27.0. The number of carbonyl (C=O) groups excluding carboxylic acids is 1. The van der Waals surface area contributed by atoms with E-state index in [0.29, 0.717) is 17.4 Å². The minimum atomic E-state index is -4.36. The number of nitrogens with one attached hydrogen (secondary N) is 1. The van der Waals surface area contributed by atoms with E-state index in [1.807, 2.05) is 27.2 Å². The molecule has 8 nitrogen and oxygen atoms in total. The van der Waals surface area contributed by atoms with Crippen molar-refractivity contribution in [3.63, 3.8) is 0 Å². The van der Waals surface area contributed by atoms with Gasteiger partial charge in [0.25, 0.3) is 0 Å². The summed E-state index contributed by atoms with van der Waals surface area (Å²) in [4.78, 5) is 23.4. The topological polar surface area (TPSA) is 105 Å². The smallest absolute Gasteiger partial charge is 0.387 e. The Kier molecular flexibility index (Phi) is 65.1. The average molecular weight is 1200 g/mol. The van der Waals surface area contributed by atoms with Gasteiger partial charge in [0, 0.05) is 6.42 Å². The molecule has 0 fully saturated rings. The van der Waals surface area contributed by atoms with Gasteiger partial charge in [0.1, 0.15) is 13.2 Å². The van der Waals surface area contributed by atoms with Crippen LogP contribution in [0.2, 0.25) is 0 Å². The molecule has 0 rings (SSSR count). The van der Waals surface area contributed by atoms with E-state index in [9.17, 15) is 19.4 Å². The zero-order valence-corrected chi connectivity index (χ0v) is 58.1. The molecule has 498 valence electrons. The summed E-state index contributed by atoms with van der Waals surface area (Å²) in [6.07, 6.45) is 89.0. The minimum absolute atomic E-state index is 0.0582. The van der Waals surface area contributed by atoms with Gasteiger partial charge in [0.15, 0.2) is 0 Å². The molecule has 0 aromatic heterocycles. The van der Waals surface area contributed by atoms with Crippen molar-refractivity contribution in [2.24, 2.45) is 0 Å². The fourth-order valence-corrected chi connectivity index (χ4v) is 12.3. The number of phosphoric ester groups is 1. The van der Waals surface area contributed by atoms with Gasteiger partial charge < -0.3 is 19.8 Å². The summed E-state index contributed by atoms with van der Waals surface area (Å²) >= 11 is 0. The third-order valence-electron chi connectivity index (χ3n) is 17.3. The Labute approximate surface area is 525 Å². The number of quaternary nitrogens is 1. The fourth-order valence-electron chi connectivity index (χ4n) is 11.5. The Morgan fingerprint density at radius 2 is 0.655 bits per heavy atom. The summed E-state index contributed by atoms with van der Waals surface area (Å²) in [7, 11) is 1.57. The number of unbranched alkanes of at least 4 members (excludes halogenated alkanes) is 53. The third-order valence-corrected chi connectivity index (χ3v) is 18.3. The standard InChI is InChI=1S/C75H147N2O6P/c1-6-8-10-12-14-16-18-20-22-24-26-28-30-32-34-36-37-38-39-41-43-45-47-49-51-53-55-57-59-61-63-65-67-69-75(79)76-73(72-83-84(80,81)82-71-70-77(3,4)5)74(78)68-66-64-62-60-58-56-54-52-50-48-46-44-42-40-35-33-31-29-27-25-23-21-19-17-15-13-11-9-7-2/h24,26,58,60,66,68,73-74,78H,6-23,25,27-57,59,61-65,67,69-72H2,1-5H3,(H-,76,79,80,81)/p+1/b26-24-,60-58+,68-66+. The number of hydrogen-bond acceptors (Lipinski definition) is 5. The van der Waals surface area contributed by atoms with Crippen LogP contribution in [-0.2, 0) is 18.4 Å². The van der Waals surface area contributed by atoms with Gasteiger partial charge in [-0.15, -0.1) is 0 Å². The molecule has 0 aliphatic carbocycles. The molecule has 3 atom stereocenters. The van der Waals surface area contributed by atoms with Crippen molar-refractivity contribution in [2.75, 3.05) is 40.9 Å². The van der Waals surface area contributed by atoms with E-state index in [1.165, 1.54) is 327 Å². The van der Waals surface area contributed by atoms with E-state index in [2.05, 4.69) is 43.5 Å². The maximum Gasteiger partial charge on any atom is 0.472 e. The van der Waals surface area contributed by atoms with Crippen LogP contribution >= 0.6 is 7.82 Å². The number of likely N-dealkylation sites (N-methyl/N-ethyl adjacent to an activating group) is 1. The van der Waals surface area contributed by atoms with Crippen molar-refractivity contribution >= 4 is 13.7 Å². The Balaban J connectivity index is 4.02. The highest BCUT2D eigenvalue weighted by atomic mass is 31.2. The number of nitrogens with zero attached hydrogens (tertiary/aromatic N) is 1. The molecule has 0 saturated heterocycles. The number of phosphoric acid groups is 1. The molecule has 0 saturated carbocycles. The van der Waals surface area contributed by atoms with Gasteiger partial charge in [-0.05, 0) is 57.8 Å². The van der Waals surface area contributed by atoms with Crippen molar-refractivity contribution in [3.8, 4) is 0 Å². The molecule has 0 bridgehead atoms. The molecule has 3 N–H and O–H groups in total. The molecule has 0 spiro atoms. The number of amides is 1. The van der Waals surface area contributed by atoms with Gasteiger partial charge in [-0.2, -0.15) is 0 Å². The SMILES string of the molecule is CCCCCCCCCC/C=C\CCCCCCCCCCCCCCCCCCCCCCCC(=O)NC(COP(=O)(O)OCC[N+](C)(C)C)C(O)/C=C/CC/C=C/CCCCCCCCCCCCCCCCCCCCCCCCC. The lowest BCUT2D eigenvalue weighted by atomic mass is 10.0. The van der Waals surface area contributed by atoms with E-state index in [1.54, 1.807) is 6.08 Å². The van der Waals surface area contributed by atoms with Crippen LogP contribution in [0.15, 0.2) is 36.5 Å². The summed E-state index contributed by atoms with van der Waals surface area (Å²) in [6.45, 7) is 4.86. The second kappa shape index (κ2) is 66.1. The second-order valence-corrected chi connectivity index (χ2v) is 28.5. The summed E-state index contributed by atoms with van der Waals surface area (Å²) in [5.41, 5.74) is 0. The van der Waals surface area contributed by atoms with Gasteiger partial charge in [-0.1, -0.05) is 359 Å². The van der Waals surface area contributed by atoms with Crippen molar-refractivity contribution in [1.82, 2.24) is 5.32 Å². The maximum absolute atomic E-state index is 13.1. The zero-order chi connectivity index (χ0) is 61.2. The average Bonchev–Trinajstić information content (AvgIpc) is 3.56. The van der Waals surface area contributed by atoms with Gasteiger partial charge >= 0.3 is 7.82 Å². The quantitative estimate of drug-likeness (QED) is 0.0243. The van der Waals surface area contributed by atoms with E-state index in [0.717, 1.165) is 38.5 Å². The minimum Gasteiger partial charge on any atom is -0.387 e. The molecule has 0 aromatic carbocycles. The van der Waals surface area contributed by atoms with Crippen LogP contribution in [-0.4, -0.2) is 73.4 Å². The maximum atomic E-state index is 13.1. The van der Waals surface area contributed by atoms with Gasteiger partial charge in [-0.3, -0.25) is 13.8 Å². The van der Waals surface area contributed by atoms with Crippen molar-refractivity contribution in [2.45, 2.75) is 398 Å². The molecule has 0 aliphatic rings. The predicted octanol–water partition coefficient (Wildman–Crippen LogP) is 24.0. The Bertz CT molecular complexity index is 1460. The van der Waals surface area contributed by atoms with Crippen molar-refractivity contribution < 1.29 is 32.9 Å². The molecular formula is C75H148N2O6P+. The Morgan fingerprint density at radius 3 is 0.952 bits per heavy atom. The number of aliphatic hydroxyl groups is 1. The first-order valence-corrected chi connectivity index (χ1v) is 38.9. The number of rotatable bonds is 70. The Hall–Kier alpha value is -1.28. The van der Waals surface area contributed by atoms with Crippen molar-refractivity contribution in [3.05, 3.63) is 36.5 Å². The van der Waals surface area contributed by atoms with Crippen LogP contribution in [0.1, 0.15) is 386 Å². The van der Waals surface area contributed by atoms with Gasteiger partial charge in [-0.25, -0.2) is 4.57 Å². The molecule has 9 heteroatoms. The molecule has 3 unspecified atom stereocenters. The number of allylic oxidation sites excluding steroid dienone is 5. The molecule has 84 heavy (non-hydrogen) atoms. The molecule has 0 aliphatic heterocycles. The summed E-state index contributed by atoms with van der Waals surface area (Å²) in [5.74, 6) is -0.178. The van der Waals surface area contributed by atoms with E-state index in [-0.39, 0.29) is 19.1 Å². The molecule has 0 heterocycles. The zero-order valence-electron chi connectivity index (χ0n) is 57.2. The predicted molar refractivity (Wildman–Crippen MR) is 369 cm³/mol. The monoisotopic (exact) mass is 1200 g/mol. The lowest BCUT2D eigenvalue weighted by Crippen LogP contribution is -2.45. The van der Waals surface area contributed by atoms with Crippen LogP contribution in [0.3, 0.4) is 0 Å². The van der Waals surface area contributed by atoms with Crippen LogP contribution in [0.4, 0.5) is 0 Å². The lowest BCUT2D eigenvalue weighted by Gasteiger charge is -2.25. The third kappa shape index (κ3) is 68.2. The summed E-state index contributed by atoms with van der Waals surface area (Å²) in [5, 5.41) is 14.0. The Morgan fingerprint density at radius 1 is 0.393 bits per heavy atom. The van der Waals surface area contributed by atoms with Gasteiger partial charge in [0.05, 0.1) is 39.9 Å². The molecule has 0 aromatic rings. The number of hydrogen-bond donors (Lipinski definition) is 3. The largest absolute Gasteiger partial charge is 0.472 e. The highest BCUT2D eigenvalue weighted by molar-refractivity contribution is 7.47. The molecule has 0 radical (unpaired) electrons. The van der Waals surface area contributed by atoms with Crippen LogP contribution < -0.4 is 5.32 Å². The fraction of sp³-hybridized carbons (Fsp3) is 0.907. The summed E-state index contributed by atoms with van der Waals surface area (Å²) in [6, 6.07) is -0.864. The first-order valence-electron chi connectivity index (χ1n) is 37.4. The van der Waals surface area contributed by atoms with Crippen LogP contribution in [0.5, 0.6) is 0 Å². The number of aliphatic hydroxyl groups excluding tert-OH is 1. The molecule has 1 amide bonds. The first-order chi connectivity index (χ1) is 41.0. The van der Waals surface area contributed by atoms with Crippen LogP contribution in [0.25, 0.3) is 0 Å². The normalized spacial score (nSPS) is 13.8. The van der Waals surface area contributed by atoms with Crippen molar-refractivity contribution in [1.29, 1.82) is 0 Å². The highest BCUT2D eigenvalue weighted by Gasteiger charge is 2.28. The molecular weight excluding hydrogens is 1060 g/mol. The van der Waals surface area contributed by atoms with Gasteiger partial charge in [0.2, 0.25) is 5.91 Å². The van der Waals surface area contributed by atoms with E-state index >= 15 is 0 Å². The summed E-state index contributed by atoms with van der Waals surface area (Å²) < 4.78 is 23.8. The van der Waals surface area contributed by atoms with E-state index in [4.69, 9.17) is 9.05 Å². The van der Waals surface area contributed by atoms with Crippen LogP contribution in [0, 0.1) is 0 Å². The number of carbonyl (C=O) groups is 1. The first kappa shape index (κ1) is 82.7. The highest BCUT2D eigenvalue weighted by Crippen LogP contribution is 2.43. The van der Waals surface area contributed by atoms with E-state index < -0.39 is 20.0 Å².